The van der Waals surface area contributed by atoms with Gasteiger partial charge in [-0.3, -0.25) is 5.41 Å². The van der Waals surface area contributed by atoms with Crippen LogP contribution >= 0.6 is 34.8 Å². The lowest BCUT2D eigenvalue weighted by Gasteiger charge is -2.46. The van der Waals surface area contributed by atoms with Crippen LogP contribution in [0, 0.1) is 16.7 Å². The molecule has 0 bridgehead atoms. The highest BCUT2D eigenvalue weighted by Gasteiger charge is 2.58. The Morgan fingerprint density at radius 3 is 2.00 bits per heavy atom. The number of nitrogens with zero attached hydrogens (tertiary/aromatic N) is 1. The molecule has 0 radical (unpaired) electrons. The molecule has 2 fully saturated rings. The first kappa shape index (κ1) is 35.8. The van der Waals surface area contributed by atoms with Crippen LogP contribution in [0.1, 0.15) is 45.7 Å². The molecule has 2 heterocycles. The zero-order chi connectivity index (χ0) is 34.0. The molecule has 8 nitrogen and oxygen atoms in total. The Kier molecular flexibility index (Phi) is 10.8. The third kappa shape index (κ3) is 7.72. The Morgan fingerprint density at radius 1 is 0.894 bits per heavy atom. The summed E-state index contributed by atoms with van der Waals surface area (Å²) in [5, 5.41) is 19.9. The summed E-state index contributed by atoms with van der Waals surface area (Å²) in [5.74, 6) is -1.64. The lowest BCUT2D eigenvalue weighted by Crippen LogP contribution is -2.68. The zero-order valence-corrected chi connectivity index (χ0v) is 30.2. The van der Waals surface area contributed by atoms with Crippen molar-refractivity contribution in [3.8, 4) is 6.07 Å². The minimum atomic E-state index is -2.97. The van der Waals surface area contributed by atoms with Gasteiger partial charge in [0.15, 0.2) is 5.79 Å². The van der Waals surface area contributed by atoms with Gasteiger partial charge >= 0.3 is 0 Å². The Morgan fingerprint density at radius 2 is 1.45 bits per heavy atom. The molecule has 5 rings (SSSR count). The molecule has 3 aromatic rings. The molecule has 0 spiro atoms. The second kappa shape index (κ2) is 14.2. The van der Waals surface area contributed by atoms with Gasteiger partial charge in [0.25, 0.3) is 12.1 Å². The van der Waals surface area contributed by atoms with Crippen molar-refractivity contribution in [3.63, 3.8) is 0 Å². The number of hydrogen-bond acceptors (Lipinski definition) is 8. The Hall–Kier alpha value is -2.49. The second-order valence-corrected chi connectivity index (χ2v) is 19.7. The number of halogens is 3. The predicted octanol–water partition coefficient (Wildman–Crippen LogP) is 6.63. The molecule has 3 aromatic carbocycles. The van der Waals surface area contributed by atoms with E-state index in [0.717, 1.165) is 10.4 Å². The first-order chi connectivity index (χ1) is 22.2. The topological polar surface area (TPSA) is 103 Å². The standard InChI is InChI=1S/C35H39Cl3N2O6Si/c1-33(2,3)47(25-16-8-6-9-17-25,26-18-10-7-11-19-26)42-22-27-28-29(46-34(4,5)45-28)30(31(43-27)44-32(40)35(36,37)38)41-21-24-15-13-12-14-23(24)20-39/h6-19,27-31,40H,21-22H2,1-5H3/t27-,28+,29+,30-,31-/m1/s1. The van der Waals surface area contributed by atoms with Gasteiger partial charge in [-0.05, 0) is 40.9 Å². The van der Waals surface area contributed by atoms with Crippen molar-refractivity contribution in [1.29, 1.82) is 10.7 Å². The van der Waals surface area contributed by atoms with Crippen LogP contribution in [-0.2, 0) is 34.7 Å². The van der Waals surface area contributed by atoms with Crippen molar-refractivity contribution in [2.24, 2.45) is 0 Å². The highest BCUT2D eigenvalue weighted by molar-refractivity contribution is 6.99. The summed E-state index contributed by atoms with van der Waals surface area (Å²) < 4.78 is 36.7. The zero-order valence-electron chi connectivity index (χ0n) is 26.9. The molecule has 0 unspecified atom stereocenters. The Bertz CT molecular complexity index is 1540. The van der Waals surface area contributed by atoms with E-state index < -0.39 is 54.5 Å². The molecule has 0 saturated carbocycles. The normalized spacial score (nSPS) is 24.3. The van der Waals surface area contributed by atoms with E-state index in [1.807, 2.05) is 56.3 Å². The molecular weight excluding hydrogens is 679 g/mol. The summed E-state index contributed by atoms with van der Waals surface area (Å²) in [7, 11) is -2.97. The number of rotatable bonds is 9. The van der Waals surface area contributed by atoms with Crippen LogP contribution < -0.4 is 10.4 Å². The summed E-state index contributed by atoms with van der Waals surface area (Å²) in [5.41, 5.74) is 1.13. The van der Waals surface area contributed by atoms with Gasteiger partial charge in [0.2, 0.25) is 12.2 Å². The molecule has 2 saturated heterocycles. The fourth-order valence-corrected chi connectivity index (χ4v) is 11.0. The van der Waals surface area contributed by atoms with E-state index in [1.54, 1.807) is 18.2 Å². The number of nitrogens with one attached hydrogen (secondary N) is 1. The molecule has 0 amide bonds. The van der Waals surface area contributed by atoms with Crippen molar-refractivity contribution >= 4 is 59.4 Å². The first-order valence-electron chi connectivity index (χ1n) is 15.3. The molecule has 12 heteroatoms. The molecule has 2 aliphatic rings. The van der Waals surface area contributed by atoms with Crippen molar-refractivity contribution in [2.75, 3.05) is 6.61 Å². The monoisotopic (exact) mass is 716 g/mol. The molecule has 1 N–H and O–H groups in total. The third-order valence-electron chi connectivity index (χ3n) is 8.37. The van der Waals surface area contributed by atoms with Crippen molar-refractivity contribution in [2.45, 2.75) is 86.5 Å². The Balaban J connectivity index is 1.51. The third-order valence-corrected chi connectivity index (χ3v) is 13.9. The maximum atomic E-state index is 9.63. The van der Waals surface area contributed by atoms with Crippen LogP contribution in [0.25, 0.3) is 0 Å². The van der Waals surface area contributed by atoms with Gasteiger partial charge in [0, 0.05) is 0 Å². The predicted molar refractivity (Wildman–Crippen MR) is 185 cm³/mol. The molecule has 5 atom stereocenters. The van der Waals surface area contributed by atoms with Gasteiger partial charge in [0.05, 0.1) is 24.8 Å². The minimum absolute atomic E-state index is 0.0367. The van der Waals surface area contributed by atoms with E-state index in [-0.39, 0.29) is 18.3 Å². The maximum Gasteiger partial charge on any atom is 0.265 e. The van der Waals surface area contributed by atoms with E-state index in [4.69, 9.17) is 68.3 Å². The smallest absolute Gasteiger partial charge is 0.265 e. The van der Waals surface area contributed by atoms with E-state index in [2.05, 4.69) is 51.1 Å². The summed E-state index contributed by atoms with van der Waals surface area (Å²) in [6.07, 6.45) is -4.23. The molecule has 0 aliphatic carbocycles. The summed E-state index contributed by atoms with van der Waals surface area (Å²) in [6.45, 7) is 10.4. The fraction of sp³-hybridized carbons (Fsp3) is 0.429. The molecule has 2 aliphatic heterocycles. The van der Waals surface area contributed by atoms with Crippen molar-refractivity contribution in [1.82, 2.24) is 0 Å². The number of benzene rings is 3. The number of ether oxygens (including phenoxy) is 5. The van der Waals surface area contributed by atoms with Gasteiger partial charge in [-0.15, -0.1) is 0 Å². The van der Waals surface area contributed by atoms with Crippen LogP contribution in [0.5, 0.6) is 0 Å². The van der Waals surface area contributed by atoms with E-state index >= 15 is 0 Å². The molecule has 0 aromatic heterocycles. The average Bonchev–Trinajstić information content (AvgIpc) is 3.36. The van der Waals surface area contributed by atoms with Crippen LogP contribution in [0.2, 0.25) is 5.04 Å². The lowest BCUT2D eigenvalue weighted by molar-refractivity contribution is -0.271. The van der Waals surface area contributed by atoms with Gasteiger partial charge < -0.3 is 28.1 Å². The summed E-state index contributed by atoms with van der Waals surface area (Å²) in [6, 6.07) is 29.8. The van der Waals surface area contributed by atoms with Gasteiger partial charge in [-0.1, -0.05) is 134 Å². The minimum Gasteiger partial charge on any atom is -0.445 e. The molecular formula is C35H39Cl3N2O6Si. The number of hydrogen-bond donors (Lipinski definition) is 1. The van der Waals surface area contributed by atoms with Crippen molar-refractivity contribution < 1.29 is 28.1 Å². The fourth-order valence-electron chi connectivity index (χ4n) is 6.34. The van der Waals surface area contributed by atoms with Crippen LogP contribution in [0.15, 0.2) is 84.9 Å². The molecule has 250 valence electrons. The number of alkyl halides is 3. The average molecular weight is 718 g/mol. The van der Waals surface area contributed by atoms with E-state index in [9.17, 15) is 5.26 Å². The summed E-state index contributed by atoms with van der Waals surface area (Å²) >= 11 is 18.1. The number of fused-ring (bicyclic) bond motifs is 1. The SMILES string of the molecule is CC1(C)O[C@H]2[C@@H](O1)[C@@H](CO[Si](c1ccccc1)(c1ccccc1)C(C)(C)C)O[C@H](OC(=N)C(Cl)(Cl)Cl)[C@@H]2OCc1ccccc1C#N. The van der Waals surface area contributed by atoms with E-state index in [1.165, 1.54) is 0 Å². The first-order valence-corrected chi connectivity index (χ1v) is 18.4. The van der Waals surface area contributed by atoms with Gasteiger partial charge in [-0.25, -0.2) is 0 Å². The quantitative estimate of drug-likeness (QED) is 0.115. The highest BCUT2D eigenvalue weighted by Crippen LogP contribution is 2.42. The van der Waals surface area contributed by atoms with Crippen LogP contribution in [0.4, 0.5) is 0 Å². The largest absolute Gasteiger partial charge is 0.445 e. The van der Waals surface area contributed by atoms with Crippen LogP contribution in [0.3, 0.4) is 0 Å². The van der Waals surface area contributed by atoms with Gasteiger partial charge in [-0.2, -0.15) is 5.26 Å². The second-order valence-electron chi connectivity index (χ2n) is 13.1. The maximum absolute atomic E-state index is 9.63. The van der Waals surface area contributed by atoms with E-state index in [0.29, 0.717) is 11.1 Å². The highest BCUT2D eigenvalue weighted by atomic mass is 35.6. The Labute approximate surface area is 292 Å². The van der Waals surface area contributed by atoms with Gasteiger partial charge in [0.1, 0.15) is 24.4 Å². The summed E-state index contributed by atoms with van der Waals surface area (Å²) in [4.78, 5) is 0. The number of nitriles is 1. The van der Waals surface area contributed by atoms with Crippen LogP contribution in [-0.4, -0.2) is 61.1 Å². The van der Waals surface area contributed by atoms with Crippen molar-refractivity contribution in [3.05, 3.63) is 96.1 Å². The molecule has 47 heavy (non-hydrogen) atoms. The lowest BCUT2D eigenvalue weighted by atomic mass is 9.99.